The summed E-state index contributed by atoms with van der Waals surface area (Å²) in [6.45, 7) is 24.0. The molecule has 3 aliphatic heterocycles. The van der Waals surface area contributed by atoms with Crippen molar-refractivity contribution in [2.75, 3.05) is 27.9 Å². The number of halogens is 1. The number of aliphatic hydroxyl groups is 2. The van der Waals surface area contributed by atoms with E-state index in [0.29, 0.717) is 44.1 Å². The number of cyclic esters (lactones) is 1. The van der Waals surface area contributed by atoms with E-state index in [9.17, 15) is 29.4 Å². The smallest absolute Gasteiger partial charge is 0.329 e. The summed E-state index contributed by atoms with van der Waals surface area (Å²) >= 11 is 0. The third-order valence-electron chi connectivity index (χ3n) is 16.1. The van der Waals surface area contributed by atoms with E-state index < -0.39 is 104 Å². The SMILES string of the molecule is CCC1C=C(C)C(F)C(C)CC(OC)C2OC(O)(C(=O)C(=O)N3CCCCC3C(=O)OC(C(C)=CC3CCC(O)C(OC)C3)C(C)C(O[Si](C(C)C)(C(C)C)C(C)C)CC1=O)C(C)CC2OC. The minimum atomic E-state index is -2.71. The number of carbonyl (C=O) groups is 4. The van der Waals surface area contributed by atoms with Crippen LogP contribution in [0.3, 0.4) is 0 Å². The highest BCUT2D eigenvalue weighted by Crippen LogP contribution is 2.46. The summed E-state index contributed by atoms with van der Waals surface area (Å²) in [4.78, 5) is 60.1. The fraction of sp³-hybridized carbons (Fsp3) is 0.846. The van der Waals surface area contributed by atoms with Gasteiger partial charge in [0.2, 0.25) is 14.1 Å². The summed E-state index contributed by atoms with van der Waals surface area (Å²) in [5.41, 5.74) is 1.60. The van der Waals surface area contributed by atoms with Crippen LogP contribution >= 0.6 is 0 Å². The van der Waals surface area contributed by atoms with Crippen molar-refractivity contribution in [3.05, 3.63) is 23.3 Å². The lowest BCUT2D eigenvalue weighted by molar-refractivity contribution is -0.302. The zero-order chi connectivity index (χ0) is 50.3. The largest absolute Gasteiger partial charge is 0.456 e. The molecule has 3 fully saturated rings. The second-order valence-corrected chi connectivity index (χ2v) is 26.9. The van der Waals surface area contributed by atoms with Gasteiger partial charge in [0, 0.05) is 52.0 Å². The molecule has 15 unspecified atom stereocenters. The lowest BCUT2D eigenvalue weighted by atomic mass is 9.81. The van der Waals surface area contributed by atoms with Crippen LogP contribution < -0.4 is 0 Å². The van der Waals surface area contributed by atoms with E-state index >= 15 is 4.39 Å². The topological polar surface area (TPSA) is 167 Å². The van der Waals surface area contributed by atoms with Gasteiger partial charge >= 0.3 is 5.97 Å². The summed E-state index contributed by atoms with van der Waals surface area (Å²) in [6.07, 6.45) is 0.848. The van der Waals surface area contributed by atoms with Gasteiger partial charge in [-0.2, -0.15) is 0 Å². The van der Waals surface area contributed by atoms with Crippen molar-refractivity contribution >= 4 is 31.8 Å². The van der Waals surface area contributed by atoms with Crippen LogP contribution in [0.4, 0.5) is 4.39 Å². The maximum atomic E-state index is 16.7. The van der Waals surface area contributed by atoms with Crippen molar-refractivity contribution < 1.29 is 61.9 Å². The van der Waals surface area contributed by atoms with Crippen LogP contribution in [0, 0.1) is 29.6 Å². The van der Waals surface area contributed by atoms with Gasteiger partial charge in [0.15, 0.2) is 0 Å². The van der Waals surface area contributed by atoms with E-state index in [0.717, 1.165) is 5.57 Å². The zero-order valence-corrected chi connectivity index (χ0v) is 44.5. The molecule has 1 aliphatic carbocycles. The third kappa shape index (κ3) is 12.8. The summed E-state index contributed by atoms with van der Waals surface area (Å²) in [5.74, 6) is -8.48. The lowest BCUT2D eigenvalue weighted by Crippen LogP contribution is -2.64. The van der Waals surface area contributed by atoms with Crippen molar-refractivity contribution in [1.82, 2.24) is 4.90 Å². The van der Waals surface area contributed by atoms with Crippen LogP contribution in [0.15, 0.2) is 23.3 Å². The van der Waals surface area contributed by atoms with E-state index in [1.165, 1.54) is 19.1 Å². The number of fused-ring (bicyclic) bond motifs is 3. The van der Waals surface area contributed by atoms with E-state index in [1.54, 1.807) is 34.0 Å². The van der Waals surface area contributed by atoms with Crippen LogP contribution in [-0.4, -0.2) is 135 Å². The van der Waals surface area contributed by atoms with E-state index in [-0.39, 0.29) is 66.7 Å². The molecule has 13 nitrogen and oxygen atoms in total. The number of hydrogen-bond donors (Lipinski definition) is 2. The molecule has 0 aromatic rings. The molecule has 15 heteroatoms. The Morgan fingerprint density at radius 1 is 0.896 bits per heavy atom. The number of aliphatic hydroxyl groups excluding tert-OH is 1. The Bertz CT molecular complexity index is 1720. The number of amides is 1. The minimum absolute atomic E-state index is 0.0119. The first-order valence-corrected chi connectivity index (χ1v) is 27.5. The average Bonchev–Trinajstić information content (AvgIpc) is 3.29. The molecular formula is C52H88FNO12Si. The Balaban J connectivity index is 1.95. The summed E-state index contributed by atoms with van der Waals surface area (Å²) < 4.78 is 54.6. The summed E-state index contributed by atoms with van der Waals surface area (Å²) in [5, 5.41) is 22.9. The van der Waals surface area contributed by atoms with E-state index in [4.69, 9.17) is 28.1 Å². The Morgan fingerprint density at radius 3 is 2.06 bits per heavy atom. The molecule has 67 heavy (non-hydrogen) atoms. The molecule has 4 aliphatic rings. The highest BCUT2D eigenvalue weighted by molar-refractivity contribution is 6.77. The van der Waals surface area contributed by atoms with Crippen LogP contribution in [0.1, 0.15) is 147 Å². The Labute approximate surface area is 402 Å². The van der Waals surface area contributed by atoms with Gasteiger partial charge in [-0.05, 0) is 111 Å². The van der Waals surface area contributed by atoms with Crippen molar-refractivity contribution in [1.29, 1.82) is 0 Å². The third-order valence-corrected chi connectivity index (χ3v) is 22.3. The number of ether oxygens (including phenoxy) is 5. The quantitative estimate of drug-likeness (QED) is 0.0878. The van der Waals surface area contributed by atoms with Gasteiger partial charge in [-0.1, -0.05) is 81.4 Å². The molecule has 1 saturated carbocycles. The molecule has 0 spiro atoms. The maximum absolute atomic E-state index is 16.7. The molecule has 0 aromatic heterocycles. The predicted molar refractivity (Wildman–Crippen MR) is 258 cm³/mol. The molecular weight excluding hydrogens is 878 g/mol. The predicted octanol–water partition coefficient (Wildman–Crippen LogP) is 8.62. The maximum Gasteiger partial charge on any atom is 0.329 e. The number of methoxy groups -OCH3 is 3. The second kappa shape index (κ2) is 24.6. The number of nitrogens with zero attached hydrogens (tertiary/aromatic N) is 1. The molecule has 2 bridgehead atoms. The fourth-order valence-corrected chi connectivity index (χ4v) is 17.7. The van der Waals surface area contributed by atoms with Crippen LogP contribution in [0.25, 0.3) is 0 Å². The number of hydrogen-bond acceptors (Lipinski definition) is 12. The van der Waals surface area contributed by atoms with Gasteiger partial charge in [0.1, 0.15) is 30.2 Å². The van der Waals surface area contributed by atoms with Crippen LogP contribution in [0.5, 0.6) is 0 Å². The van der Waals surface area contributed by atoms with Gasteiger partial charge in [0.25, 0.3) is 11.7 Å². The average molecular weight is 966 g/mol. The lowest BCUT2D eigenvalue weighted by Gasteiger charge is -2.47. The Kier molecular flexibility index (Phi) is 21.0. The first kappa shape index (κ1) is 57.2. The molecule has 4 rings (SSSR count). The van der Waals surface area contributed by atoms with Crippen molar-refractivity contribution in [3.63, 3.8) is 0 Å². The van der Waals surface area contributed by atoms with Gasteiger partial charge in [-0.15, -0.1) is 0 Å². The molecule has 2 saturated heterocycles. The van der Waals surface area contributed by atoms with Crippen LogP contribution in [-0.2, 0) is 47.3 Å². The summed E-state index contributed by atoms with van der Waals surface area (Å²) in [7, 11) is 1.80. The number of alkyl halides is 1. The number of allylic oxidation sites excluding steroid dienone is 3. The molecule has 2 N–H and O–H groups in total. The number of rotatable bonds is 11. The van der Waals surface area contributed by atoms with Gasteiger partial charge < -0.3 is 43.2 Å². The molecule has 384 valence electrons. The number of carbonyl (C=O) groups excluding carboxylic acids is 4. The highest BCUT2D eigenvalue weighted by Gasteiger charge is 2.57. The first-order valence-electron chi connectivity index (χ1n) is 25.4. The Hall–Kier alpha value is -2.37. The number of esters is 1. The minimum Gasteiger partial charge on any atom is -0.456 e. The van der Waals surface area contributed by atoms with Crippen LogP contribution in [0.2, 0.25) is 16.6 Å². The van der Waals surface area contributed by atoms with Gasteiger partial charge in [-0.3, -0.25) is 14.4 Å². The van der Waals surface area contributed by atoms with Crippen molar-refractivity contribution in [3.8, 4) is 0 Å². The first-order chi connectivity index (χ1) is 31.4. The standard InChI is InChI=1S/C52H88FNO12Si/c1-16-38-24-32(8)46(53)33(9)25-44(62-14)48-45(63-15)26-35(11)52(60,65-48)49(57)50(58)54-22-18-17-19-39(54)51(59)64-47(34(10)23-37-20-21-40(55)43(27-37)61-13)36(12)42(28-41(38)56)66-67(29(2)3,30(4)5)31(6)7/h23-24,29-31,33,35-40,42-48,55,60H,16-22,25-28H2,1-15H3. The van der Waals surface area contributed by atoms with Gasteiger partial charge in [0.05, 0.1) is 30.5 Å². The van der Waals surface area contributed by atoms with E-state index in [1.807, 2.05) is 20.8 Å². The van der Waals surface area contributed by atoms with Crippen molar-refractivity contribution in [2.45, 2.75) is 225 Å². The molecule has 0 aromatic carbocycles. The molecule has 0 radical (unpaired) electrons. The number of ketones is 2. The molecule has 1 amide bonds. The molecule has 3 heterocycles. The monoisotopic (exact) mass is 966 g/mol. The zero-order valence-electron chi connectivity index (χ0n) is 43.5. The summed E-state index contributed by atoms with van der Waals surface area (Å²) in [6, 6.07) is -1.15. The van der Waals surface area contributed by atoms with E-state index in [2.05, 4.69) is 47.6 Å². The second-order valence-electron chi connectivity index (χ2n) is 21.5. The fourth-order valence-electron chi connectivity index (χ4n) is 12.1. The van der Waals surface area contributed by atoms with Gasteiger partial charge in [-0.25, -0.2) is 9.18 Å². The normalized spacial score (nSPS) is 37.6. The number of Topliss-reactive ketones (excluding diaryl/α,β-unsaturated/α-hetero) is 2. The van der Waals surface area contributed by atoms with Crippen molar-refractivity contribution in [2.24, 2.45) is 29.6 Å². The molecule has 15 atom stereocenters. The number of piperidine rings is 1. The Morgan fingerprint density at radius 2 is 1.49 bits per heavy atom. The highest BCUT2D eigenvalue weighted by atomic mass is 28.4.